The lowest BCUT2D eigenvalue weighted by molar-refractivity contribution is 0.0745. The maximum Gasteiger partial charge on any atom is 0.254 e. The monoisotopic (exact) mass is 426 g/mol. The Kier molecular flexibility index (Phi) is 5.81. The van der Waals surface area contributed by atoms with E-state index in [0.29, 0.717) is 43.6 Å². The summed E-state index contributed by atoms with van der Waals surface area (Å²) in [5, 5.41) is -0.0174. The van der Waals surface area contributed by atoms with Gasteiger partial charge in [-0.05, 0) is 30.7 Å². The van der Waals surface area contributed by atoms with Crippen molar-refractivity contribution in [2.45, 2.75) is 6.92 Å². The number of ether oxygens (including phenoxy) is 1. The predicted molar refractivity (Wildman–Crippen MR) is 113 cm³/mol. The minimum atomic E-state index is -0.509. The number of carbonyl (C=O) groups is 1. The lowest BCUT2D eigenvalue weighted by Crippen LogP contribution is -2.49. The Morgan fingerprint density at radius 1 is 1.07 bits per heavy atom. The number of nitrogens with zero attached hydrogens (tertiary/aromatic N) is 4. The van der Waals surface area contributed by atoms with E-state index in [0.717, 1.165) is 11.1 Å². The largest absolute Gasteiger partial charge is 0.439 e. The Morgan fingerprint density at radius 3 is 2.57 bits per heavy atom. The molecule has 3 aromatic rings. The highest BCUT2D eigenvalue weighted by atomic mass is 35.5. The lowest BCUT2D eigenvalue weighted by Gasteiger charge is -2.35. The number of hydrogen-bond acceptors (Lipinski definition) is 5. The second-order valence-electron chi connectivity index (χ2n) is 6.99. The van der Waals surface area contributed by atoms with Crippen LogP contribution in [0.15, 0.2) is 54.9 Å². The molecule has 4 rings (SSSR count). The molecule has 1 aromatic heterocycles. The molecule has 6 nitrogen and oxygen atoms in total. The first-order chi connectivity index (χ1) is 14.5. The molecule has 30 heavy (non-hydrogen) atoms. The molecule has 1 aliphatic heterocycles. The first-order valence-corrected chi connectivity index (χ1v) is 9.94. The smallest absolute Gasteiger partial charge is 0.254 e. The summed E-state index contributed by atoms with van der Waals surface area (Å²) in [6.07, 6.45) is 1.42. The van der Waals surface area contributed by atoms with Crippen LogP contribution in [-0.2, 0) is 0 Å². The van der Waals surface area contributed by atoms with Crippen molar-refractivity contribution in [3.8, 4) is 11.6 Å². The van der Waals surface area contributed by atoms with Crippen molar-refractivity contribution >= 4 is 23.3 Å². The first kappa shape index (κ1) is 20.1. The molecule has 0 aliphatic carbocycles. The summed E-state index contributed by atoms with van der Waals surface area (Å²) in [5.74, 6) is 0.968. The Morgan fingerprint density at radius 2 is 1.83 bits per heavy atom. The van der Waals surface area contributed by atoms with Crippen LogP contribution in [0.3, 0.4) is 0 Å². The van der Waals surface area contributed by atoms with E-state index in [1.807, 2.05) is 36.1 Å². The van der Waals surface area contributed by atoms with Crippen LogP contribution in [0.1, 0.15) is 15.9 Å². The van der Waals surface area contributed by atoms with Gasteiger partial charge in [-0.2, -0.15) is 0 Å². The van der Waals surface area contributed by atoms with E-state index in [-0.39, 0.29) is 10.9 Å². The molecule has 0 N–H and O–H groups in total. The van der Waals surface area contributed by atoms with Gasteiger partial charge in [0, 0.05) is 43.9 Å². The molecule has 1 saturated heterocycles. The molecule has 1 amide bonds. The van der Waals surface area contributed by atoms with Gasteiger partial charge in [0.1, 0.15) is 23.7 Å². The van der Waals surface area contributed by atoms with Gasteiger partial charge >= 0.3 is 0 Å². The van der Waals surface area contributed by atoms with Gasteiger partial charge in [-0.3, -0.25) is 4.79 Å². The number of aryl methyl sites for hydroxylation is 1. The normalized spacial score (nSPS) is 14.0. The van der Waals surface area contributed by atoms with Crippen LogP contribution in [0.4, 0.5) is 10.2 Å². The van der Waals surface area contributed by atoms with Crippen molar-refractivity contribution in [3.05, 3.63) is 76.8 Å². The second kappa shape index (κ2) is 8.67. The molecule has 2 aromatic carbocycles. The van der Waals surface area contributed by atoms with Crippen LogP contribution in [0, 0.1) is 12.7 Å². The number of halogens is 2. The summed E-state index contributed by atoms with van der Waals surface area (Å²) >= 11 is 5.80. The van der Waals surface area contributed by atoms with Crippen LogP contribution in [0.25, 0.3) is 0 Å². The summed E-state index contributed by atoms with van der Waals surface area (Å²) in [6, 6.07) is 13.5. The molecule has 0 radical (unpaired) electrons. The van der Waals surface area contributed by atoms with Gasteiger partial charge in [-0.1, -0.05) is 29.8 Å². The summed E-state index contributed by atoms with van der Waals surface area (Å²) in [6.45, 7) is 4.44. The molecule has 0 spiro atoms. The minimum absolute atomic E-state index is 0.0174. The average molecular weight is 427 g/mol. The summed E-state index contributed by atoms with van der Waals surface area (Å²) in [5.41, 5.74) is 1.71. The molecule has 0 atom stereocenters. The highest BCUT2D eigenvalue weighted by molar-refractivity contribution is 6.30. The van der Waals surface area contributed by atoms with Gasteiger partial charge in [0.05, 0.1) is 5.02 Å². The highest BCUT2D eigenvalue weighted by Crippen LogP contribution is 2.26. The van der Waals surface area contributed by atoms with Gasteiger partial charge in [0.2, 0.25) is 5.88 Å². The van der Waals surface area contributed by atoms with E-state index in [4.69, 9.17) is 16.3 Å². The number of benzene rings is 2. The first-order valence-electron chi connectivity index (χ1n) is 9.56. The molecule has 0 unspecified atom stereocenters. The van der Waals surface area contributed by atoms with E-state index >= 15 is 0 Å². The quantitative estimate of drug-likeness (QED) is 0.621. The van der Waals surface area contributed by atoms with Crippen LogP contribution >= 0.6 is 11.6 Å². The van der Waals surface area contributed by atoms with Crippen molar-refractivity contribution in [1.82, 2.24) is 14.9 Å². The number of amides is 1. The van der Waals surface area contributed by atoms with Crippen LogP contribution in [-0.4, -0.2) is 47.0 Å². The second-order valence-corrected chi connectivity index (χ2v) is 7.39. The van der Waals surface area contributed by atoms with Crippen molar-refractivity contribution in [2.75, 3.05) is 31.1 Å². The van der Waals surface area contributed by atoms with Crippen molar-refractivity contribution in [1.29, 1.82) is 0 Å². The third-order valence-corrected chi connectivity index (χ3v) is 5.30. The average Bonchev–Trinajstić information content (AvgIpc) is 2.76. The summed E-state index contributed by atoms with van der Waals surface area (Å²) < 4.78 is 19.0. The van der Waals surface area contributed by atoms with E-state index in [1.165, 1.54) is 24.5 Å². The summed E-state index contributed by atoms with van der Waals surface area (Å²) in [7, 11) is 0. The molecule has 1 aliphatic rings. The molecule has 0 saturated carbocycles. The SMILES string of the molecule is Cc1ccccc1C(=O)N1CCN(c2cc(Oc3ccc(F)c(Cl)c3)ncn2)CC1. The van der Waals surface area contributed by atoms with E-state index in [2.05, 4.69) is 14.9 Å². The fourth-order valence-electron chi connectivity index (χ4n) is 3.34. The lowest BCUT2D eigenvalue weighted by atomic mass is 10.1. The maximum absolute atomic E-state index is 13.3. The van der Waals surface area contributed by atoms with Gasteiger partial charge in [0.25, 0.3) is 5.91 Å². The molecular formula is C22H20ClFN4O2. The van der Waals surface area contributed by atoms with Gasteiger partial charge in [-0.15, -0.1) is 0 Å². The van der Waals surface area contributed by atoms with E-state index < -0.39 is 5.82 Å². The molecule has 0 bridgehead atoms. The Hall–Kier alpha value is -3.19. The van der Waals surface area contributed by atoms with Crippen molar-refractivity contribution in [3.63, 3.8) is 0 Å². The summed E-state index contributed by atoms with van der Waals surface area (Å²) in [4.78, 5) is 25.2. The highest BCUT2D eigenvalue weighted by Gasteiger charge is 2.24. The Balaban J connectivity index is 1.41. The number of aromatic nitrogens is 2. The molecule has 2 heterocycles. The zero-order valence-electron chi connectivity index (χ0n) is 16.4. The number of carbonyl (C=O) groups excluding carboxylic acids is 1. The number of rotatable bonds is 4. The van der Waals surface area contributed by atoms with E-state index in [1.54, 1.807) is 6.07 Å². The molecule has 154 valence electrons. The standard InChI is InChI=1S/C22H20ClFN4O2/c1-15-4-2-3-5-17(15)22(29)28-10-8-27(9-11-28)20-13-21(26-14-25-20)30-16-6-7-19(24)18(23)12-16/h2-7,12-14H,8-11H2,1H3. The third kappa shape index (κ3) is 4.36. The topological polar surface area (TPSA) is 58.6 Å². The minimum Gasteiger partial charge on any atom is -0.439 e. The Bertz CT molecular complexity index is 1070. The maximum atomic E-state index is 13.3. The van der Waals surface area contributed by atoms with Gasteiger partial charge in [0.15, 0.2) is 0 Å². The fraction of sp³-hybridized carbons (Fsp3) is 0.227. The van der Waals surface area contributed by atoms with E-state index in [9.17, 15) is 9.18 Å². The third-order valence-electron chi connectivity index (χ3n) is 5.01. The van der Waals surface area contributed by atoms with Crippen LogP contribution in [0.5, 0.6) is 11.6 Å². The fourth-order valence-corrected chi connectivity index (χ4v) is 3.51. The number of piperazine rings is 1. The molecular weight excluding hydrogens is 407 g/mol. The van der Waals surface area contributed by atoms with Crippen molar-refractivity contribution in [2.24, 2.45) is 0 Å². The predicted octanol–water partition coefficient (Wildman–Crippen LogP) is 4.33. The number of hydrogen-bond donors (Lipinski definition) is 0. The molecule has 1 fully saturated rings. The van der Waals surface area contributed by atoms with Crippen molar-refractivity contribution < 1.29 is 13.9 Å². The van der Waals surface area contributed by atoms with Gasteiger partial charge < -0.3 is 14.5 Å². The zero-order valence-corrected chi connectivity index (χ0v) is 17.1. The Labute approximate surface area is 178 Å². The molecule has 8 heteroatoms. The van der Waals surface area contributed by atoms with Crippen LogP contribution in [0.2, 0.25) is 5.02 Å². The van der Waals surface area contributed by atoms with Crippen LogP contribution < -0.4 is 9.64 Å². The van der Waals surface area contributed by atoms with Gasteiger partial charge in [-0.25, -0.2) is 14.4 Å². The number of anilines is 1. The zero-order chi connectivity index (χ0) is 21.1.